The van der Waals surface area contributed by atoms with E-state index >= 15 is 0 Å². The van der Waals surface area contributed by atoms with E-state index in [2.05, 4.69) is 20.8 Å². The van der Waals surface area contributed by atoms with Crippen molar-refractivity contribution < 1.29 is 42.0 Å². The minimum absolute atomic E-state index is 0. The second-order valence-electron chi connectivity index (χ2n) is 6.87. The van der Waals surface area contributed by atoms with Gasteiger partial charge in [-0.3, -0.25) is 4.79 Å². The first kappa shape index (κ1) is 19.4. The molecular formula is C18H26ClN2OY+. The van der Waals surface area contributed by atoms with Crippen molar-refractivity contribution >= 4 is 23.2 Å². The molecule has 5 heteroatoms. The molecule has 1 aromatic carbocycles. The Morgan fingerprint density at radius 3 is 2.30 bits per heavy atom. The molecule has 1 unspecified atom stereocenters. The first-order chi connectivity index (χ1) is 10.5. The summed E-state index contributed by atoms with van der Waals surface area (Å²) in [6, 6.07) is 4.08. The number of amides is 1. The molecular weight excluding hydrogens is 385 g/mol. The Labute approximate surface area is 169 Å². The van der Waals surface area contributed by atoms with Gasteiger partial charge in [-0.1, -0.05) is 11.6 Å². The number of benzene rings is 1. The van der Waals surface area contributed by atoms with Crippen LogP contribution in [0.25, 0.3) is 0 Å². The van der Waals surface area contributed by atoms with Gasteiger partial charge in [0.2, 0.25) is 0 Å². The second kappa shape index (κ2) is 7.51. The Balaban J connectivity index is 0.00000192. The molecule has 123 valence electrons. The van der Waals surface area contributed by atoms with Gasteiger partial charge < -0.3 is 9.38 Å². The number of carbonyl (C=O) groups excluding carboxylic acids is 1. The van der Waals surface area contributed by atoms with E-state index in [1.54, 1.807) is 0 Å². The van der Waals surface area contributed by atoms with Gasteiger partial charge in [-0.15, -0.1) is 0 Å². The van der Waals surface area contributed by atoms with Crippen molar-refractivity contribution in [1.29, 1.82) is 0 Å². The summed E-state index contributed by atoms with van der Waals surface area (Å²) in [5.74, 6) is 0.317. The SMILES string of the molecule is CC[N+]1(C2CCN(c3c(C)cc(Cl)cc3C)C2=O)CCCC1.[Y]. The first-order valence-corrected chi connectivity index (χ1v) is 8.80. The van der Waals surface area contributed by atoms with Gasteiger partial charge >= 0.3 is 0 Å². The van der Waals surface area contributed by atoms with Crippen LogP contribution < -0.4 is 4.90 Å². The van der Waals surface area contributed by atoms with E-state index in [1.807, 2.05) is 17.0 Å². The maximum absolute atomic E-state index is 13.1. The van der Waals surface area contributed by atoms with Crippen LogP contribution in [0.4, 0.5) is 5.69 Å². The number of anilines is 1. The molecule has 2 aliphatic rings. The van der Waals surface area contributed by atoms with Gasteiger partial charge in [-0.25, -0.2) is 0 Å². The zero-order valence-corrected chi connectivity index (χ0v) is 18.0. The van der Waals surface area contributed by atoms with Gasteiger partial charge in [-0.05, 0) is 44.0 Å². The van der Waals surface area contributed by atoms with Crippen LogP contribution in [0.1, 0.15) is 37.3 Å². The smallest absolute Gasteiger partial charge is 0.285 e. The fraction of sp³-hybridized carbons (Fsp3) is 0.611. The molecule has 0 saturated carbocycles. The molecule has 2 aliphatic heterocycles. The predicted octanol–water partition coefficient (Wildman–Crippen LogP) is 3.69. The minimum Gasteiger partial charge on any atom is -0.314 e. The largest absolute Gasteiger partial charge is 0.314 e. The minimum atomic E-state index is 0. The van der Waals surface area contributed by atoms with Gasteiger partial charge in [0, 0.05) is 69.2 Å². The molecule has 2 fully saturated rings. The summed E-state index contributed by atoms with van der Waals surface area (Å²) in [7, 11) is 0. The molecule has 1 radical (unpaired) electrons. The fourth-order valence-corrected chi connectivity index (χ4v) is 4.86. The Morgan fingerprint density at radius 1 is 1.22 bits per heavy atom. The number of rotatable bonds is 3. The summed E-state index contributed by atoms with van der Waals surface area (Å²) in [6.45, 7) is 10.6. The normalized spacial score (nSPS) is 23.2. The molecule has 3 rings (SSSR count). The van der Waals surface area contributed by atoms with Crippen LogP contribution >= 0.6 is 11.6 Å². The van der Waals surface area contributed by atoms with Crippen molar-refractivity contribution in [2.45, 2.75) is 46.1 Å². The third-order valence-corrected chi connectivity index (χ3v) is 5.87. The number of quaternary nitrogens is 1. The number of likely N-dealkylation sites (tertiary alicyclic amines) is 1. The molecule has 0 bridgehead atoms. The number of carbonyl (C=O) groups is 1. The number of likely N-dealkylation sites (N-methyl/N-ethyl adjacent to an activating group) is 1. The number of nitrogens with zero attached hydrogens (tertiary/aromatic N) is 2. The molecule has 0 aromatic heterocycles. The number of halogens is 1. The van der Waals surface area contributed by atoms with Crippen LogP contribution in [0.3, 0.4) is 0 Å². The molecule has 1 amide bonds. The van der Waals surface area contributed by atoms with E-state index in [-0.39, 0.29) is 38.8 Å². The van der Waals surface area contributed by atoms with Crippen molar-refractivity contribution in [3.63, 3.8) is 0 Å². The monoisotopic (exact) mass is 410 g/mol. The van der Waals surface area contributed by atoms with Gasteiger partial charge in [0.25, 0.3) is 5.91 Å². The average Bonchev–Trinajstić information content (AvgIpc) is 3.06. The fourth-order valence-electron chi connectivity index (χ4n) is 4.54. The Bertz CT molecular complexity index is 576. The number of hydrogen-bond donors (Lipinski definition) is 0. The summed E-state index contributed by atoms with van der Waals surface area (Å²) >= 11 is 6.14. The van der Waals surface area contributed by atoms with E-state index in [0.717, 1.165) is 45.8 Å². The van der Waals surface area contributed by atoms with E-state index in [1.165, 1.54) is 25.9 Å². The molecule has 3 nitrogen and oxygen atoms in total. The van der Waals surface area contributed by atoms with Crippen molar-refractivity contribution in [2.75, 3.05) is 31.1 Å². The molecule has 2 heterocycles. The topological polar surface area (TPSA) is 20.3 Å². The van der Waals surface area contributed by atoms with Crippen molar-refractivity contribution in [1.82, 2.24) is 0 Å². The van der Waals surface area contributed by atoms with E-state index in [0.29, 0.717) is 5.91 Å². The van der Waals surface area contributed by atoms with E-state index in [9.17, 15) is 4.79 Å². The van der Waals surface area contributed by atoms with Gasteiger partial charge in [-0.2, -0.15) is 0 Å². The Kier molecular flexibility index (Phi) is 6.33. The second-order valence-corrected chi connectivity index (χ2v) is 7.31. The van der Waals surface area contributed by atoms with E-state index < -0.39 is 0 Å². The molecule has 1 aromatic rings. The van der Waals surface area contributed by atoms with Crippen LogP contribution in [0.15, 0.2) is 12.1 Å². The number of aryl methyl sites for hydroxylation is 2. The van der Waals surface area contributed by atoms with E-state index in [4.69, 9.17) is 11.6 Å². The molecule has 0 N–H and O–H groups in total. The quantitative estimate of drug-likeness (QED) is 0.696. The first-order valence-electron chi connectivity index (χ1n) is 8.42. The van der Waals surface area contributed by atoms with Crippen molar-refractivity contribution in [3.8, 4) is 0 Å². The van der Waals surface area contributed by atoms with Crippen LogP contribution in [0, 0.1) is 13.8 Å². The van der Waals surface area contributed by atoms with Crippen LogP contribution in [-0.2, 0) is 37.5 Å². The molecule has 1 atom stereocenters. The zero-order valence-electron chi connectivity index (χ0n) is 14.4. The van der Waals surface area contributed by atoms with Gasteiger partial charge in [0.05, 0.1) is 19.6 Å². The molecule has 0 spiro atoms. The maximum Gasteiger partial charge on any atom is 0.285 e. The molecule has 23 heavy (non-hydrogen) atoms. The summed E-state index contributed by atoms with van der Waals surface area (Å²) in [4.78, 5) is 15.1. The number of hydrogen-bond acceptors (Lipinski definition) is 1. The van der Waals surface area contributed by atoms with Crippen LogP contribution in [-0.4, -0.2) is 42.6 Å². The van der Waals surface area contributed by atoms with Gasteiger partial charge in [0.1, 0.15) is 0 Å². The third kappa shape index (κ3) is 3.40. The maximum atomic E-state index is 13.1. The standard InChI is InChI=1S/C18H26ClN2O.Y/c1-4-21(9-5-6-10-21)16-7-8-20(18(16)22)17-13(2)11-15(19)12-14(17)3;/h11-12,16H,4-10H2,1-3H3;/q+1;. The summed E-state index contributed by atoms with van der Waals surface area (Å²) in [6.07, 6.45) is 3.50. The van der Waals surface area contributed by atoms with Crippen LogP contribution in [0.2, 0.25) is 5.02 Å². The Morgan fingerprint density at radius 2 is 1.78 bits per heavy atom. The summed E-state index contributed by atoms with van der Waals surface area (Å²) in [5.41, 5.74) is 3.28. The molecule has 2 saturated heterocycles. The zero-order chi connectivity index (χ0) is 15.9. The van der Waals surface area contributed by atoms with Crippen LogP contribution in [0.5, 0.6) is 0 Å². The van der Waals surface area contributed by atoms with Crippen molar-refractivity contribution in [3.05, 3.63) is 28.3 Å². The molecule has 0 aliphatic carbocycles. The predicted molar refractivity (Wildman–Crippen MR) is 91.5 cm³/mol. The van der Waals surface area contributed by atoms with Crippen molar-refractivity contribution in [2.24, 2.45) is 0 Å². The summed E-state index contributed by atoms with van der Waals surface area (Å²) < 4.78 is 1.00. The Hall–Kier alpha value is 0.0439. The average molecular weight is 411 g/mol. The summed E-state index contributed by atoms with van der Waals surface area (Å²) in [5, 5.41) is 0.749. The van der Waals surface area contributed by atoms with Gasteiger partial charge in [0.15, 0.2) is 6.04 Å². The third-order valence-electron chi connectivity index (χ3n) is 5.65.